The van der Waals surface area contributed by atoms with Gasteiger partial charge in [-0.1, -0.05) is 20.8 Å². The van der Waals surface area contributed by atoms with Gasteiger partial charge < -0.3 is 20.9 Å². The van der Waals surface area contributed by atoms with Crippen molar-refractivity contribution >= 4 is 5.91 Å². The number of likely N-dealkylation sites (N-methyl/N-ethyl adjacent to an activating group) is 1. The Morgan fingerprint density at radius 2 is 1.75 bits per heavy atom. The van der Waals surface area contributed by atoms with Crippen molar-refractivity contribution in [1.82, 2.24) is 15.1 Å². The Morgan fingerprint density at radius 3 is 2.30 bits per heavy atom. The van der Waals surface area contributed by atoms with Crippen molar-refractivity contribution in [3.05, 3.63) is 0 Å². The Hall–Kier alpha value is -0.650. The highest BCUT2D eigenvalue weighted by molar-refractivity contribution is 5.81. The van der Waals surface area contributed by atoms with Crippen molar-refractivity contribution in [2.24, 2.45) is 11.7 Å². The van der Waals surface area contributed by atoms with Crippen LogP contribution in [0.25, 0.3) is 0 Å². The van der Waals surface area contributed by atoms with Crippen LogP contribution in [0.2, 0.25) is 0 Å². The van der Waals surface area contributed by atoms with Crippen molar-refractivity contribution in [2.75, 3.05) is 45.8 Å². The van der Waals surface area contributed by atoms with Gasteiger partial charge in [-0.05, 0) is 31.8 Å². The van der Waals surface area contributed by atoms with Gasteiger partial charge in [0.15, 0.2) is 0 Å². The number of rotatable bonds is 8. The average molecular weight is 284 g/mol. The monoisotopic (exact) mass is 284 g/mol. The molecule has 0 aliphatic carbocycles. The van der Waals surface area contributed by atoms with Crippen LogP contribution in [0.3, 0.4) is 0 Å². The summed E-state index contributed by atoms with van der Waals surface area (Å²) in [5.74, 6) is 0.182. The fourth-order valence-electron chi connectivity index (χ4n) is 2.42. The number of hydrogen-bond acceptors (Lipinski definition) is 4. The quantitative estimate of drug-likeness (QED) is 0.637. The van der Waals surface area contributed by atoms with Gasteiger partial charge in [-0.25, -0.2) is 0 Å². The van der Waals surface area contributed by atoms with Crippen LogP contribution in [0.15, 0.2) is 0 Å². The van der Waals surface area contributed by atoms with Gasteiger partial charge >= 0.3 is 0 Å². The van der Waals surface area contributed by atoms with E-state index >= 15 is 0 Å². The van der Waals surface area contributed by atoms with E-state index in [0.717, 1.165) is 32.5 Å². The Labute approximate surface area is 123 Å². The molecule has 1 fully saturated rings. The molecule has 0 aromatic rings. The molecule has 1 saturated heterocycles. The van der Waals surface area contributed by atoms with Gasteiger partial charge in [0.2, 0.25) is 5.91 Å². The number of nitrogens with two attached hydrogens (primary N) is 1. The molecule has 1 aliphatic heterocycles. The minimum absolute atomic E-state index is 0.0171. The van der Waals surface area contributed by atoms with Crippen LogP contribution in [-0.4, -0.2) is 67.6 Å². The van der Waals surface area contributed by atoms with Crippen LogP contribution in [0.1, 0.15) is 33.6 Å². The minimum Gasteiger partial charge on any atom is -0.355 e. The van der Waals surface area contributed by atoms with Crippen LogP contribution < -0.4 is 11.1 Å². The number of carbonyl (C=O) groups excluding carboxylic acids is 1. The molecule has 0 bridgehead atoms. The second-order valence-electron chi connectivity index (χ2n) is 6.04. The van der Waals surface area contributed by atoms with Crippen LogP contribution in [0.4, 0.5) is 0 Å². The molecular weight excluding hydrogens is 252 g/mol. The highest BCUT2D eigenvalue weighted by Gasteiger charge is 2.17. The SMILES string of the molecule is CCN1CCN(CCCCNC(=O)[C@@H](N)C(C)C)CC1. The van der Waals surface area contributed by atoms with E-state index in [-0.39, 0.29) is 17.9 Å². The Balaban J connectivity index is 2.01. The molecule has 20 heavy (non-hydrogen) atoms. The highest BCUT2D eigenvalue weighted by Crippen LogP contribution is 2.03. The lowest BCUT2D eigenvalue weighted by atomic mass is 10.1. The maximum atomic E-state index is 11.7. The van der Waals surface area contributed by atoms with Crippen molar-refractivity contribution in [2.45, 2.75) is 39.7 Å². The van der Waals surface area contributed by atoms with E-state index in [0.29, 0.717) is 0 Å². The van der Waals surface area contributed by atoms with Gasteiger partial charge in [0, 0.05) is 32.7 Å². The van der Waals surface area contributed by atoms with E-state index in [4.69, 9.17) is 5.73 Å². The minimum atomic E-state index is -0.378. The van der Waals surface area contributed by atoms with E-state index in [1.54, 1.807) is 0 Å². The summed E-state index contributed by atoms with van der Waals surface area (Å²) < 4.78 is 0. The standard InChI is InChI=1S/C15H32N4O/c1-4-18-9-11-19(12-10-18)8-6-5-7-17-15(20)14(16)13(2)3/h13-14H,4-12,16H2,1-3H3,(H,17,20)/t14-/m0/s1. The highest BCUT2D eigenvalue weighted by atomic mass is 16.2. The lowest BCUT2D eigenvalue weighted by Crippen LogP contribution is -2.46. The lowest BCUT2D eigenvalue weighted by molar-refractivity contribution is -0.123. The van der Waals surface area contributed by atoms with E-state index in [1.165, 1.54) is 26.2 Å². The molecule has 0 unspecified atom stereocenters. The number of amides is 1. The zero-order valence-electron chi connectivity index (χ0n) is 13.4. The predicted molar refractivity (Wildman–Crippen MR) is 83.6 cm³/mol. The number of carbonyl (C=O) groups is 1. The summed E-state index contributed by atoms with van der Waals surface area (Å²) in [5.41, 5.74) is 5.79. The number of unbranched alkanes of at least 4 members (excludes halogenated alkanes) is 1. The van der Waals surface area contributed by atoms with Crippen molar-refractivity contribution in [3.8, 4) is 0 Å². The van der Waals surface area contributed by atoms with Crippen molar-refractivity contribution in [1.29, 1.82) is 0 Å². The van der Waals surface area contributed by atoms with Gasteiger partial charge in [-0.3, -0.25) is 4.79 Å². The summed E-state index contributed by atoms with van der Waals surface area (Å²) in [6, 6.07) is -0.378. The van der Waals surface area contributed by atoms with Gasteiger partial charge in [0.05, 0.1) is 6.04 Å². The first-order valence-corrected chi connectivity index (χ1v) is 8.02. The second kappa shape index (κ2) is 9.32. The summed E-state index contributed by atoms with van der Waals surface area (Å²) >= 11 is 0. The van der Waals surface area contributed by atoms with Gasteiger partial charge in [0.1, 0.15) is 0 Å². The molecule has 0 saturated carbocycles. The summed E-state index contributed by atoms with van der Waals surface area (Å²) in [4.78, 5) is 16.7. The zero-order chi connectivity index (χ0) is 15.0. The second-order valence-corrected chi connectivity index (χ2v) is 6.04. The van der Waals surface area contributed by atoms with Gasteiger partial charge in [-0.15, -0.1) is 0 Å². The van der Waals surface area contributed by atoms with Gasteiger partial charge in [-0.2, -0.15) is 0 Å². The first-order valence-electron chi connectivity index (χ1n) is 8.02. The fourth-order valence-corrected chi connectivity index (χ4v) is 2.42. The van der Waals surface area contributed by atoms with Crippen LogP contribution in [0.5, 0.6) is 0 Å². The van der Waals surface area contributed by atoms with E-state index < -0.39 is 0 Å². The summed E-state index contributed by atoms with van der Waals surface area (Å²) in [6.07, 6.45) is 2.17. The van der Waals surface area contributed by atoms with E-state index in [9.17, 15) is 4.79 Å². The summed E-state index contributed by atoms with van der Waals surface area (Å²) in [5, 5.41) is 2.93. The molecule has 1 aliphatic rings. The molecule has 5 nitrogen and oxygen atoms in total. The molecule has 118 valence electrons. The predicted octanol–water partition coefficient (Wildman–Crippen LogP) is 0.504. The molecule has 1 heterocycles. The number of hydrogen-bond donors (Lipinski definition) is 2. The molecule has 5 heteroatoms. The average Bonchev–Trinajstić information content (AvgIpc) is 2.46. The topological polar surface area (TPSA) is 61.6 Å². The molecule has 0 aromatic carbocycles. The molecule has 3 N–H and O–H groups in total. The van der Waals surface area contributed by atoms with Gasteiger partial charge in [0.25, 0.3) is 0 Å². The first-order chi connectivity index (χ1) is 9.54. The van der Waals surface area contributed by atoms with E-state index in [1.807, 2.05) is 13.8 Å². The maximum absolute atomic E-state index is 11.7. The zero-order valence-corrected chi connectivity index (χ0v) is 13.4. The number of nitrogens with zero attached hydrogens (tertiary/aromatic N) is 2. The molecule has 1 atom stereocenters. The summed E-state index contributed by atoms with van der Waals surface area (Å²) in [6.45, 7) is 14.0. The van der Waals surface area contributed by atoms with Crippen molar-refractivity contribution in [3.63, 3.8) is 0 Å². The van der Waals surface area contributed by atoms with Crippen molar-refractivity contribution < 1.29 is 4.79 Å². The fraction of sp³-hybridized carbons (Fsp3) is 0.933. The third kappa shape index (κ3) is 6.20. The molecular formula is C15H32N4O. The maximum Gasteiger partial charge on any atom is 0.237 e. The lowest BCUT2D eigenvalue weighted by Gasteiger charge is -2.34. The van der Waals surface area contributed by atoms with E-state index in [2.05, 4.69) is 22.0 Å². The molecule has 0 spiro atoms. The van der Waals surface area contributed by atoms with Crippen LogP contribution in [0, 0.1) is 5.92 Å². The first kappa shape index (κ1) is 17.4. The number of nitrogens with one attached hydrogen (secondary N) is 1. The summed E-state index contributed by atoms with van der Waals surface area (Å²) in [7, 11) is 0. The molecule has 0 aromatic heterocycles. The van der Waals surface area contributed by atoms with Crippen LogP contribution >= 0.6 is 0 Å². The normalized spacial score (nSPS) is 19.2. The molecule has 0 radical (unpaired) electrons. The third-order valence-electron chi connectivity index (χ3n) is 4.13. The largest absolute Gasteiger partial charge is 0.355 e. The smallest absolute Gasteiger partial charge is 0.237 e. The number of piperazine rings is 1. The Kier molecular flexibility index (Phi) is 8.11. The van der Waals surface area contributed by atoms with Crippen LogP contribution in [-0.2, 0) is 4.79 Å². The molecule has 1 rings (SSSR count). The molecule has 1 amide bonds. The third-order valence-corrected chi connectivity index (χ3v) is 4.13. The Bertz CT molecular complexity index is 275. The Morgan fingerprint density at radius 1 is 1.15 bits per heavy atom.